The summed E-state index contributed by atoms with van der Waals surface area (Å²) in [5, 5.41) is 11.3. The Morgan fingerprint density at radius 1 is 0.763 bits per heavy atom. The van der Waals surface area contributed by atoms with Gasteiger partial charge in [0.15, 0.2) is 0 Å². The van der Waals surface area contributed by atoms with Crippen molar-refractivity contribution >= 4 is 17.8 Å². The van der Waals surface area contributed by atoms with Crippen molar-refractivity contribution in [2.45, 2.75) is 25.5 Å². The first-order valence-corrected chi connectivity index (χ1v) is 12.2. The Morgan fingerprint density at radius 2 is 1.37 bits per heavy atom. The molecular formula is C31H28N2O5. The summed E-state index contributed by atoms with van der Waals surface area (Å²) < 4.78 is 5.99. The molecule has 0 spiro atoms. The molecule has 0 radical (unpaired) electrons. The molecule has 4 aromatic carbocycles. The number of amides is 2. The minimum atomic E-state index is -1.07. The zero-order chi connectivity index (χ0) is 26.9. The minimum Gasteiger partial charge on any atom is -0.489 e. The molecule has 192 valence electrons. The molecule has 0 fully saturated rings. The van der Waals surface area contributed by atoms with E-state index in [9.17, 15) is 14.4 Å². The maximum absolute atomic E-state index is 12.5. The van der Waals surface area contributed by atoms with Gasteiger partial charge in [0.05, 0.1) is 0 Å². The molecule has 0 heterocycles. The van der Waals surface area contributed by atoms with Gasteiger partial charge in [-0.15, -0.1) is 0 Å². The first-order chi connectivity index (χ1) is 18.4. The van der Waals surface area contributed by atoms with Gasteiger partial charge in [-0.05, 0) is 64.6 Å². The molecule has 7 nitrogen and oxygen atoms in total. The van der Waals surface area contributed by atoms with E-state index in [4.69, 9.17) is 15.6 Å². The van der Waals surface area contributed by atoms with E-state index >= 15 is 0 Å². The second kappa shape index (κ2) is 12.4. The molecule has 38 heavy (non-hydrogen) atoms. The number of ether oxygens (including phenoxy) is 1. The van der Waals surface area contributed by atoms with Crippen molar-refractivity contribution in [1.29, 1.82) is 0 Å². The van der Waals surface area contributed by atoms with Crippen molar-refractivity contribution in [2.24, 2.45) is 5.73 Å². The lowest BCUT2D eigenvalue weighted by molar-refractivity contribution is -0.137. The van der Waals surface area contributed by atoms with Crippen LogP contribution >= 0.6 is 0 Å². The van der Waals surface area contributed by atoms with Crippen LogP contribution in [0.15, 0.2) is 103 Å². The number of hydrogen-bond donors (Lipinski definition) is 3. The predicted molar refractivity (Wildman–Crippen MR) is 145 cm³/mol. The topological polar surface area (TPSA) is 119 Å². The first-order valence-electron chi connectivity index (χ1n) is 12.2. The van der Waals surface area contributed by atoms with Gasteiger partial charge in [0.1, 0.15) is 18.4 Å². The van der Waals surface area contributed by atoms with Crippen LogP contribution in [0.4, 0.5) is 0 Å². The molecule has 0 saturated heterocycles. The fourth-order valence-electron chi connectivity index (χ4n) is 3.99. The molecule has 0 bridgehead atoms. The lowest BCUT2D eigenvalue weighted by atomic mass is 10.0. The van der Waals surface area contributed by atoms with Gasteiger partial charge < -0.3 is 20.9 Å². The van der Waals surface area contributed by atoms with Gasteiger partial charge in [0.2, 0.25) is 5.91 Å². The molecule has 4 rings (SSSR count). The number of aliphatic carboxylic acids is 1. The number of rotatable bonds is 11. The van der Waals surface area contributed by atoms with Crippen molar-refractivity contribution in [3.05, 3.63) is 114 Å². The van der Waals surface area contributed by atoms with Gasteiger partial charge in [-0.25, -0.2) is 0 Å². The molecule has 1 atom stereocenters. The van der Waals surface area contributed by atoms with Crippen molar-refractivity contribution in [1.82, 2.24) is 5.32 Å². The van der Waals surface area contributed by atoms with E-state index in [1.165, 1.54) is 0 Å². The summed E-state index contributed by atoms with van der Waals surface area (Å²) in [5.41, 5.74) is 10.9. The quantitative estimate of drug-likeness (QED) is 0.262. The van der Waals surface area contributed by atoms with Crippen LogP contribution in [0.1, 0.15) is 28.8 Å². The van der Waals surface area contributed by atoms with Crippen LogP contribution in [-0.4, -0.2) is 28.9 Å². The van der Waals surface area contributed by atoms with Gasteiger partial charge in [-0.3, -0.25) is 14.4 Å². The average molecular weight is 509 g/mol. The van der Waals surface area contributed by atoms with Crippen LogP contribution in [0.25, 0.3) is 22.3 Å². The molecule has 0 unspecified atom stereocenters. The normalized spacial score (nSPS) is 11.4. The summed E-state index contributed by atoms with van der Waals surface area (Å²) in [5.74, 6) is -1.59. The summed E-state index contributed by atoms with van der Waals surface area (Å²) in [7, 11) is 0. The van der Waals surface area contributed by atoms with Gasteiger partial charge in [-0.2, -0.15) is 0 Å². The van der Waals surface area contributed by atoms with E-state index in [0.29, 0.717) is 12.2 Å². The Hall–Kier alpha value is -4.91. The highest BCUT2D eigenvalue weighted by Crippen LogP contribution is 2.25. The molecule has 2 amide bonds. The Kier molecular flexibility index (Phi) is 8.51. The largest absolute Gasteiger partial charge is 0.489 e. The fourth-order valence-corrected chi connectivity index (χ4v) is 3.99. The van der Waals surface area contributed by atoms with E-state index in [1.807, 2.05) is 54.6 Å². The van der Waals surface area contributed by atoms with E-state index in [1.54, 1.807) is 24.3 Å². The third-order valence-corrected chi connectivity index (χ3v) is 6.07. The lowest BCUT2D eigenvalue weighted by Gasteiger charge is -2.14. The molecule has 7 heteroatoms. The summed E-state index contributed by atoms with van der Waals surface area (Å²) in [6.45, 7) is 0.447. The average Bonchev–Trinajstić information content (AvgIpc) is 2.95. The number of carbonyl (C=O) groups is 3. The third-order valence-electron chi connectivity index (χ3n) is 6.07. The van der Waals surface area contributed by atoms with Crippen LogP contribution < -0.4 is 15.8 Å². The highest BCUT2D eigenvalue weighted by Gasteiger charge is 2.20. The summed E-state index contributed by atoms with van der Waals surface area (Å²) in [6, 6.07) is 32.0. The molecule has 0 aliphatic rings. The standard InChI is InChI=1S/C31H28N2O5/c32-30(36)28(17-18-29(34)35)33-31(37)25-11-9-23(10-12-25)24-13-15-27(16-14-24)38-20-21-5-4-8-26(19-21)22-6-2-1-3-7-22/h1-16,19,28H,17-18,20H2,(H2,32,36)(H,33,37)(H,34,35)/t28-/m0/s1. The van der Waals surface area contributed by atoms with Crippen LogP contribution in [0.5, 0.6) is 5.75 Å². The SMILES string of the molecule is NC(=O)[C@H](CCC(=O)O)NC(=O)c1ccc(-c2ccc(OCc3cccc(-c4ccccc4)c3)cc2)cc1. The molecule has 0 aromatic heterocycles. The third kappa shape index (κ3) is 7.07. The number of nitrogens with one attached hydrogen (secondary N) is 1. The van der Waals surface area contributed by atoms with Gasteiger partial charge in [0, 0.05) is 12.0 Å². The smallest absolute Gasteiger partial charge is 0.303 e. The number of benzene rings is 4. The summed E-state index contributed by atoms with van der Waals surface area (Å²) in [4.78, 5) is 34.8. The number of carbonyl (C=O) groups excluding carboxylic acids is 2. The highest BCUT2D eigenvalue weighted by atomic mass is 16.5. The number of carboxylic acid groups (broad SMARTS) is 1. The summed E-state index contributed by atoms with van der Waals surface area (Å²) in [6.07, 6.45) is -0.339. The Balaban J connectivity index is 1.35. The number of hydrogen-bond acceptors (Lipinski definition) is 4. The number of primary amides is 1. The second-order valence-corrected chi connectivity index (χ2v) is 8.82. The second-order valence-electron chi connectivity index (χ2n) is 8.82. The Morgan fingerprint density at radius 3 is 2.00 bits per heavy atom. The molecule has 4 aromatic rings. The number of nitrogens with two attached hydrogens (primary N) is 1. The van der Waals surface area contributed by atoms with Crippen LogP contribution in [0.3, 0.4) is 0 Å². The maximum atomic E-state index is 12.5. The lowest BCUT2D eigenvalue weighted by Crippen LogP contribution is -2.44. The maximum Gasteiger partial charge on any atom is 0.303 e. The minimum absolute atomic E-state index is 0.0681. The Bertz CT molecular complexity index is 1400. The van der Waals surface area contributed by atoms with E-state index < -0.39 is 23.8 Å². The van der Waals surface area contributed by atoms with Crippen molar-refractivity contribution in [3.63, 3.8) is 0 Å². The Labute approximate surface area is 220 Å². The fraction of sp³-hybridized carbons (Fsp3) is 0.129. The van der Waals surface area contributed by atoms with E-state index in [0.717, 1.165) is 33.6 Å². The summed E-state index contributed by atoms with van der Waals surface area (Å²) >= 11 is 0. The zero-order valence-corrected chi connectivity index (χ0v) is 20.7. The van der Waals surface area contributed by atoms with E-state index in [2.05, 4.69) is 29.6 Å². The highest BCUT2D eigenvalue weighted by molar-refractivity contribution is 5.97. The van der Waals surface area contributed by atoms with Crippen LogP contribution in [0.2, 0.25) is 0 Å². The van der Waals surface area contributed by atoms with Gasteiger partial charge in [-0.1, -0.05) is 72.8 Å². The van der Waals surface area contributed by atoms with Gasteiger partial charge in [0.25, 0.3) is 5.91 Å². The molecular weight excluding hydrogens is 480 g/mol. The van der Waals surface area contributed by atoms with Crippen molar-refractivity contribution < 1.29 is 24.2 Å². The predicted octanol–water partition coefficient (Wildman–Crippen LogP) is 5.05. The van der Waals surface area contributed by atoms with E-state index in [-0.39, 0.29) is 12.8 Å². The van der Waals surface area contributed by atoms with Crippen LogP contribution in [-0.2, 0) is 16.2 Å². The molecule has 0 saturated carbocycles. The van der Waals surface area contributed by atoms with Crippen LogP contribution in [0, 0.1) is 0 Å². The zero-order valence-electron chi connectivity index (χ0n) is 20.7. The molecule has 0 aliphatic carbocycles. The van der Waals surface area contributed by atoms with Crippen molar-refractivity contribution in [3.8, 4) is 28.0 Å². The number of carboxylic acids is 1. The van der Waals surface area contributed by atoms with Gasteiger partial charge >= 0.3 is 5.97 Å². The monoisotopic (exact) mass is 508 g/mol. The molecule has 0 aliphatic heterocycles. The van der Waals surface area contributed by atoms with Crippen molar-refractivity contribution in [2.75, 3.05) is 0 Å². The first kappa shape index (κ1) is 26.2. The molecule has 4 N–H and O–H groups in total.